The summed E-state index contributed by atoms with van der Waals surface area (Å²) >= 11 is 1.53. The molecular formula is C12H20N4S. The molecule has 1 aromatic rings. The predicted octanol–water partition coefficient (Wildman–Crippen LogP) is 1.97. The molecular weight excluding hydrogens is 232 g/mol. The average molecular weight is 252 g/mol. The van der Waals surface area contributed by atoms with Gasteiger partial charge in [0.05, 0.1) is 0 Å². The van der Waals surface area contributed by atoms with Crippen LogP contribution in [0.15, 0.2) is 0 Å². The third kappa shape index (κ3) is 2.40. The lowest BCUT2D eigenvalue weighted by molar-refractivity contribution is 0.399. The summed E-state index contributed by atoms with van der Waals surface area (Å²) in [6, 6.07) is 0. The number of nitrogens with two attached hydrogens (primary N) is 1. The molecule has 2 heterocycles. The minimum Gasteiger partial charge on any atom is -0.383 e. The van der Waals surface area contributed by atoms with Gasteiger partial charge >= 0.3 is 0 Å². The molecule has 1 aromatic heterocycles. The van der Waals surface area contributed by atoms with Crippen LogP contribution in [0.4, 0.5) is 10.8 Å². The Morgan fingerprint density at radius 2 is 2.29 bits per heavy atom. The van der Waals surface area contributed by atoms with E-state index in [-0.39, 0.29) is 0 Å². The van der Waals surface area contributed by atoms with Crippen LogP contribution in [0.1, 0.15) is 30.7 Å². The van der Waals surface area contributed by atoms with Crippen LogP contribution >= 0.6 is 11.5 Å². The molecule has 3 rings (SSSR count). The fourth-order valence-corrected chi connectivity index (χ4v) is 3.44. The molecule has 3 N–H and O–H groups in total. The fraction of sp³-hybridized carbons (Fsp3) is 0.750. The highest BCUT2D eigenvalue weighted by atomic mass is 32.1. The summed E-state index contributed by atoms with van der Waals surface area (Å²) in [7, 11) is 2.19. The number of nitrogens with one attached hydrogen (secondary N) is 1. The summed E-state index contributed by atoms with van der Waals surface area (Å²) < 4.78 is 4.28. The Labute approximate surface area is 106 Å². The first kappa shape index (κ1) is 11.3. The van der Waals surface area contributed by atoms with Gasteiger partial charge < -0.3 is 16.0 Å². The van der Waals surface area contributed by atoms with Crippen molar-refractivity contribution < 1.29 is 0 Å². The fourth-order valence-electron chi connectivity index (χ4n) is 2.63. The molecule has 1 saturated heterocycles. The Hall–Kier alpha value is -0.810. The van der Waals surface area contributed by atoms with Crippen molar-refractivity contribution in [3.63, 3.8) is 0 Å². The van der Waals surface area contributed by atoms with E-state index in [0.717, 1.165) is 18.3 Å². The molecule has 0 spiro atoms. The van der Waals surface area contributed by atoms with Gasteiger partial charge in [-0.1, -0.05) is 0 Å². The highest BCUT2D eigenvalue weighted by Crippen LogP contribution is 2.47. The second kappa shape index (κ2) is 4.46. The Morgan fingerprint density at radius 3 is 2.94 bits per heavy atom. The molecule has 2 aliphatic rings. The molecule has 1 aliphatic carbocycles. The van der Waals surface area contributed by atoms with Gasteiger partial charge in [-0.05, 0) is 56.2 Å². The summed E-state index contributed by atoms with van der Waals surface area (Å²) in [6.07, 6.45) is 3.86. The minimum absolute atomic E-state index is 0.683. The Kier molecular flexibility index (Phi) is 2.96. The topological polar surface area (TPSA) is 54.2 Å². The molecule has 17 heavy (non-hydrogen) atoms. The van der Waals surface area contributed by atoms with Crippen molar-refractivity contribution in [1.82, 2.24) is 9.27 Å². The third-order valence-electron chi connectivity index (χ3n) is 3.78. The highest BCUT2D eigenvalue weighted by Gasteiger charge is 2.30. The van der Waals surface area contributed by atoms with E-state index in [1.807, 2.05) is 0 Å². The Morgan fingerprint density at radius 1 is 1.47 bits per heavy atom. The van der Waals surface area contributed by atoms with Gasteiger partial charge in [0.1, 0.15) is 10.8 Å². The maximum Gasteiger partial charge on any atom is 0.142 e. The van der Waals surface area contributed by atoms with Gasteiger partial charge in [-0.2, -0.15) is 4.37 Å². The summed E-state index contributed by atoms with van der Waals surface area (Å²) in [5.41, 5.74) is 7.23. The lowest BCUT2D eigenvalue weighted by Crippen LogP contribution is -2.19. The summed E-state index contributed by atoms with van der Waals surface area (Å²) in [5.74, 6) is 2.21. The zero-order chi connectivity index (χ0) is 11.8. The number of hydrogen-bond donors (Lipinski definition) is 2. The summed E-state index contributed by atoms with van der Waals surface area (Å²) in [5, 5.41) is 4.79. The van der Waals surface area contributed by atoms with Crippen LogP contribution in [0.25, 0.3) is 0 Å². The zero-order valence-corrected chi connectivity index (χ0v) is 11.1. The normalized spacial score (nSPS) is 25.4. The molecule has 4 nitrogen and oxygen atoms in total. The minimum atomic E-state index is 0.683. The first-order valence-electron chi connectivity index (χ1n) is 6.41. The summed E-state index contributed by atoms with van der Waals surface area (Å²) in [4.78, 5) is 2.40. The first-order valence-corrected chi connectivity index (χ1v) is 7.19. The molecule has 0 bridgehead atoms. The number of anilines is 2. The van der Waals surface area contributed by atoms with Gasteiger partial charge in [-0.3, -0.25) is 0 Å². The van der Waals surface area contributed by atoms with Gasteiger partial charge in [0.15, 0.2) is 0 Å². The maximum absolute atomic E-state index is 5.94. The monoisotopic (exact) mass is 252 g/mol. The molecule has 1 unspecified atom stereocenters. The van der Waals surface area contributed by atoms with E-state index in [1.165, 1.54) is 54.4 Å². The van der Waals surface area contributed by atoms with E-state index in [1.54, 1.807) is 0 Å². The molecule has 1 aliphatic heterocycles. The van der Waals surface area contributed by atoms with Crippen LogP contribution in [-0.2, 0) is 0 Å². The quantitative estimate of drug-likeness (QED) is 0.860. The van der Waals surface area contributed by atoms with Gasteiger partial charge in [0, 0.05) is 18.7 Å². The molecule has 5 heteroatoms. The highest BCUT2D eigenvalue weighted by molar-refractivity contribution is 7.10. The van der Waals surface area contributed by atoms with E-state index < -0.39 is 0 Å². The SMILES string of the molecule is CN1CCC(CNc2snc(N)c2C2CC2)C1. The number of rotatable bonds is 4. The second-order valence-electron chi connectivity index (χ2n) is 5.38. The Balaban J connectivity index is 1.61. The first-order chi connectivity index (χ1) is 8.24. The average Bonchev–Trinajstić information content (AvgIpc) is 2.95. The van der Waals surface area contributed by atoms with E-state index in [9.17, 15) is 0 Å². The molecule has 0 amide bonds. The van der Waals surface area contributed by atoms with E-state index in [4.69, 9.17) is 5.73 Å². The lowest BCUT2D eigenvalue weighted by Gasteiger charge is -2.12. The summed E-state index contributed by atoms with van der Waals surface area (Å²) in [6.45, 7) is 3.50. The molecule has 0 radical (unpaired) electrons. The predicted molar refractivity (Wildman–Crippen MR) is 72.6 cm³/mol. The van der Waals surface area contributed by atoms with Crippen LogP contribution in [0.5, 0.6) is 0 Å². The molecule has 1 atom stereocenters. The Bertz CT molecular complexity index is 399. The smallest absolute Gasteiger partial charge is 0.142 e. The molecule has 2 fully saturated rings. The van der Waals surface area contributed by atoms with E-state index in [0.29, 0.717) is 5.92 Å². The van der Waals surface area contributed by atoms with Crippen LogP contribution < -0.4 is 11.1 Å². The molecule has 1 saturated carbocycles. The largest absolute Gasteiger partial charge is 0.383 e. The maximum atomic E-state index is 5.94. The van der Waals surface area contributed by atoms with Crippen LogP contribution in [0.3, 0.4) is 0 Å². The van der Waals surface area contributed by atoms with Crippen LogP contribution in [-0.4, -0.2) is 36.0 Å². The van der Waals surface area contributed by atoms with Crippen LogP contribution in [0.2, 0.25) is 0 Å². The van der Waals surface area contributed by atoms with Crippen molar-refractivity contribution in [2.24, 2.45) is 5.92 Å². The van der Waals surface area contributed by atoms with Crippen molar-refractivity contribution in [2.75, 3.05) is 37.7 Å². The van der Waals surface area contributed by atoms with Crippen LogP contribution in [0, 0.1) is 5.92 Å². The van der Waals surface area contributed by atoms with E-state index >= 15 is 0 Å². The van der Waals surface area contributed by atoms with E-state index in [2.05, 4.69) is 21.6 Å². The van der Waals surface area contributed by atoms with Gasteiger partial charge in [-0.15, -0.1) is 0 Å². The standard InChI is InChI=1S/C12H20N4S/c1-16-5-4-8(7-16)6-14-12-10(9-2-3-9)11(13)15-17-12/h8-9,14H,2-7H2,1H3,(H2,13,15). The van der Waals surface area contributed by atoms with Gasteiger partial charge in [0.2, 0.25) is 0 Å². The van der Waals surface area contributed by atoms with Crippen molar-refractivity contribution in [3.05, 3.63) is 5.56 Å². The number of nitrogen functional groups attached to an aromatic ring is 1. The zero-order valence-electron chi connectivity index (χ0n) is 10.3. The number of likely N-dealkylation sites (tertiary alicyclic amines) is 1. The second-order valence-corrected chi connectivity index (χ2v) is 6.16. The van der Waals surface area contributed by atoms with Crippen molar-refractivity contribution >= 4 is 22.4 Å². The van der Waals surface area contributed by atoms with Crippen molar-refractivity contribution in [3.8, 4) is 0 Å². The molecule has 94 valence electrons. The number of aromatic nitrogens is 1. The van der Waals surface area contributed by atoms with Gasteiger partial charge in [-0.25, -0.2) is 0 Å². The number of hydrogen-bond acceptors (Lipinski definition) is 5. The van der Waals surface area contributed by atoms with Crippen molar-refractivity contribution in [1.29, 1.82) is 0 Å². The van der Waals surface area contributed by atoms with Gasteiger partial charge in [0.25, 0.3) is 0 Å². The molecule has 0 aromatic carbocycles. The lowest BCUT2D eigenvalue weighted by atomic mass is 10.1. The third-order valence-corrected chi connectivity index (χ3v) is 4.62. The number of nitrogens with zero attached hydrogens (tertiary/aromatic N) is 2. The van der Waals surface area contributed by atoms with Crippen molar-refractivity contribution in [2.45, 2.75) is 25.2 Å².